The van der Waals surface area contributed by atoms with Crippen LogP contribution >= 0.6 is 0 Å². The fourth-order valence-corrected chi connectivity index (χ4v) is 2.62. The van der Waals surface area contributed by atoms with Crippen LogP contribution in [0.1, 0.15) is 45.0 Å². The summed E-state index contributed by atoms with van der Waals surface area (Å²) < 4.78 is 0. The SMILES string of the molecule is Cc1cnc(C)c(N2CCC(CNC(C)(C)C)CC2)n1. The molecule has 0 radical (unpaired) electrons. The van der Waals surface area contributed by atoms with E-state index < -0.39 is 0 Å². The maximum atomic E-state index is 4.65. The van der Waals surface area contributed by atoms with Crippen molar-refractivity contribution in [2.45, 2.75) is 53.0 Å². The Hall–Kier alpha value is -1.16. The molecule has 0 atom stereocenters. The van der Waals surface area contributed by atoms with Crippen LogP contribution in [0.25, 0.3) is 0 Å². The number of hydrogen-bond acceptors (Lipinski definition) is 4. The number of aryl methyl sites for hydroxylation is 2. The van der Waals surface area contributed by atoms with Crippen molar-refractivity contribution in [3.8, 4) is 0 Å². The quantitative estimate of drug-likeness (QED) is 0.921. The first kappa shape index (κ1) is 15.2. The summed E-state index contributed by atoms with van der Waals surface area (Å²) in [5.41, 5.74) is 2.26. The summed E-state index contributed by atoms with van der Waals surface area (Å²) in [6.45, 7) is 14.1. The van der Waals surface area contributed by atoms with Gasteiger partial charge in [0.25, 0.3) is 0 Å². The Bertz CT molecular complexity index is 442. The lowest BCUT2D eigenvalue weighted by atomic mass is 9.95. The Morgan fingerprint density at radius 1 is 1.25 bits per heavy atom. The largest absolute Gasteiger partial charge is 0.355 e. The lowest BCUT2D eigenvalue weighted by Crippen LogP contribution is -2.43. The van der Waals surface area contributed by atoms with E-state index in [0.717, 1.165) is 42.8 Å². The monoisotopic (exact) mass is 276 g/mol. The molecule has 0 saturated carbocycles. The summed E-state index contributed by atoms with van der Waals surface area (Å²) in [5.74, 6) is 1.86. The highest BCUT2D eigenvalue weighted by Gasteiger charge is 2.22. The van der Waals surface area contributed by atoms with Gasteiger partial charge in [-0.2, -0.15) is 0 Å². The van der Waals surface area contributed by atoms with Crippen LogP contribution in [0.3, 0.4) is 0 Å². The molecule has 0 bridgehead atoms. The average molecular weight is 276 g/mol. The molecule has 0 spiro atoms. The predicted molar refractivity (Wildman–Crippen MR) is 84.2 cm³/mol. The minimum absolute atomic E-state index is 0.218. The maximum absolute atomic E-state index is 4.65. The molecular weight excluding hydrogens is 248 g/mol. The minimum atomic E-state index is 0.218. The first-order valence-corrected chi connectivity index (χ1v) is 7.65. The van der Waals surface area contributed by atoms with Gasteiger partial charge >= 0.3 is 0 Å². The van der Waals surface area contributed by atoms with Gasteiger partial charge in [-0.05, 0) is 59.9 Å². The molecule has 4 heteroatoms. The van der Waals surface area contributed by atoms with Crippen molar-refractivity contribution in [1.29, 1.82) is 0 Å². The van der Waals surface area contributed by atoms with Crippen molar-refractivity contribution < 1.29 is 0 Å². The first-order chi connectivity index (χ1) is 9.35. The standard InChI is InChI=1S/C16H28N4/c1-12-10-17-13(2)15(19-12)20-8-6-14(7-9-20)11-18-16(3,4)5/h10,14,18H,6-9,11H2,1-5H3. The fourth-order valence-electron chi connectivity index (χ4n) is 2.62. The molecule has 1 aromatic heterocycles. The van der Waals surface area contributed by atoms with E-state index in [1.807, 2.05) is 13.1 Å². The second kappa shape index (κ2) is 6.08. The highest BCUT2D eigenvalue weighted by Crippen LogP contribution is 2.23. The molecule has 2 rings (SSSR count). The molecule has 20 heavy (non-hydrogen) atoms. The van der Waals surface area contributed by atoms with Gasteiger partial charge in [-0.1, -0.05) is 0 Å². The number of nitrogens with zero attached hydrogens (tertiary/aromatic N) is 3. The van der Waals surface area contributed by atoms with E-state index in [9.17, 15) is 0 Å². The van der Waals surface area contributed by atoms with E-state index in [1.54, 1.807) is 0 Å². The molecule has 1 aliphatic rings. The molecule has 112 valence electrons. The van der Waals surface area contributed by atoms with Crippen molar-refractivity contribution in [3.05, 3.63) is 17.6 Å². The summed E-state index contributed by atoms with van der Waals surface area (Å²) >= 11 is 0. The van der Waals surface area contributed by atoms with Gasteiger partial charge in [-0.25, -0.2) is 4.98 Å². The zero-order valence-corrected chi connectivity index (χ0v) is 13.5. The maximum Gasteiger partial charge on any atom is 0.150 e. The molecule has 0 aliphatic carbocycles. The molecule has 0 amide bonds. The molecule has 0 aromatic carbocycles. The molecule has 1 saturated heterocycles. The van der Waals surface area contributed by atoms with Crippen LogP contribution in [0, 0.1) is 19.8 Å². The van der Waals surface area contributed by atoms with E-state index >= 15 is 0 Å². The van der Waals surface area contributed by atoms with Crippen LogP contribution in [-0.2, 0) is 0 Å². The van der Waals surface area contributed by atoms with E-state index in [0.29, 0.717) is 0 Å². The van der Waals surface area contributed by atoms with Gasteiger partial charge in [0.1, 0.15) is 5.82 Å². The van der Waals surface area contributed by atoms with E-state index in [4.69, 9.17) is 0 Å². The van der Waals surface area contributed by atoms with Crippen molar-refractivity contribution in [1.82, 2.24) is 15.3 Å². The first-order valence-electron chi connectivity index (χ1n) is 7.65. The van der Waals surface area contributed by atoms with Gasteiger partial charge < -0.3 is 10.2 Å². The lowest BCUT2D eigenvalue weighted by Gasteiger charge is -2.35. The van der Waals surface area contributed by atoms with Crippen molar-refractivity contribution in [2.24, 2.45) is 5.92 Å². The van der Waals surface area contributed by atoms with Gasteiger partial charge in [0.05, 0.1) is 11.4 Å². The van der Waals surface area contributed by atoms with Gasteiger partial charge in [-0.15, -0.1) is 0 Å². The number of anilines is 1. The van der Waals surface area contributed by atoms with Gasteiger partial charge in [0, 0.05) is 24.8 Å². The Morgan fingerprint density at radius 2 is 1.90 bits per heavy atom. The van der Waals surface area contributed by atoms with Crippen molar-refractivity contribution in [3.63, 3.8) is 0 Å². The predicted octanol–water partition coefficient (Wildman–Crippen LogP) is 2.70. The number of piperidine rings is 1. The molecule has 0 unspecified atom stereocenters. The summed E-state index contributed by atoms with van der Waals surface area (Å²) in [4.78, 5) is 11.5. The van der Waals surface area contributed by atoms with Crippen LogP contribution in [0.2, 0.25) is 0 Å². The summed E-state index contributed by atoms with van der Waals surface area (Å²) in [6.07, 6.45) is 4.31. The van der Waals surface area contributed by atoms with Crippen LogP contribution < -0.4 is 10.2 Å². The van der Waals surface area contributed by atoms with Crippen LogP contribution in [0.15, 0.2) is 6.20 Å². The Labute approximate surface area is 123 Å². The highest BCUT2D eigenvalue weighted by molar-refractivity contribution is 5.43. The normalized spacial score (nSPS) is 17.6. The number of aromatic nitrogens is 2. The van der Waals surface area contributed by atoms with E-state index in [1.165, 1.54) is 12.8 Å². The molecule has 2 heterocycles. The smallest absolute Gasteiger partial charge is 0.150 e. The third-order valence-corrected chi connectivity index (χ3v) is 3.89. The zero-order valence-electron chi connectivity index (χ0n) is 13.5. The Morgan fingerprint density at radius 3 is 2.50 bits per heavy atom. The molecule has 1 aromatic rings. The molecule has 1 N–H and O–H groups in total. The number of rotatable bonds is 3. The summed E-state index contributed by atoms with van der Waals surface area (Å²) in [7, 11) is 0. The van der Waals surface area contributed by atoms with Gasteiger partial charge in [-0.3, -0.25) is 4.98 Å². The molecule has 4 nitrogen and oxygen atoms in total. The van der Waals surface area contributed by atoms with Crippen LogP contribution in [-0.4, -0.2) is 35.1 Å². The van der Waals surface area contributed by atoms with Crippen LogP contribution in [0.5, 0.6) is 0 Å². The Kier molecular flexibility index (Phi) is 4.63. The van der Waals surface area contributed by atoms with Gasteiger partial charge in [0.2, 0.25) is 0 Å². The summed E-state index contributed by atoms with van der Waals surface area (Å²) in [6, 6.07) is 0. The van der Waals surface area contributed by atoms with E-state index in [2.05, 4.69) is 47.9 Å². The van der Waals surface area contributed by atoms with E-state index in [-0.39, 0.29) is 5.54 Å². The lowest BCUT2D eigenvalue weighted by molar-refractivity contribution is 0.328. The zero-order chi connectivity index (χ0) is 14.8. The topological polar surface area (TPSA) is 41.1 Å². The fraction of sp³-hybridized carbons (Fsp3) is 0.750. The second-order valence-electron chi connectivity index (χ2n) is 6.98. The second-order valence-corrected chi connectivity index (χ2v) is 6.98. The highest BCUT2D eigenvalue weighted by atomic mass is 15.2. The average Bonchev–Trinajstić information content (AvgIpc) is 2.39. The van der Waals surface area contributed by atoms with Gasteiger partial charge in [0.15, 0.2) is 0 Å². The number of nitrogens with one attached hydrogen (secondary N) is 1. The molecule has 1 fully saturated rings. The Balaban J connectivity index is 1.89. The van der Waals surface area contributed by atoms with Crippen molar-refractivity contribution >= 4 is 5.82 Å². The van der Waals surface area contributed by atoms with Crippen LogP contribution in [0.4, 0.5) is 5.82 Å². The number of hydrogen-bond donors (Lipinski definition) is 1. The summed E-state index contributed by atoms with van der Waals surface area (Å²) in [5, 5.41) is 3.62. The van der Waals surface area contributed by atoms with Crippen molar-refractivity contribution in [2.75, 3.05) is 24.5 Å². The minimum Gasteiger partial charge on any atom is -0.355 e. The molecular formula is C16H28N4. The molecule has 1 aliphatic heterocycles. The third kappa shape index (κ3) is 4.17. The third-order valence-electron chi connectivity index (χ3n) is 3.89.